The molecule has 4 rings (SSSR count). The number of aromatic amines is 1. The molecule has 1 aromatic heterocycles. The van der Waals surface area contributed by atoms with Gasteiger partial charge in [0.1, 0.15) is 0 Å². The van der Waals surface area contributed by atoms with Crippen molar-refractivity contribution in [3.05, 3.63) is 78.9 Å². The molecule has 0 amide bonds. The van der Waals surface area contributed by atoms with Crippen molar-refractivity contribution in [2.75, 3.05) is 26.3 Å². The Morgan fingerprint density at radius 3 is 2.69 bits per heavy atom. The molecule has 1 saturated heterocycles. The minimum Gasteiger partial charge on any atom is -0.379 e. The molecule has 0 aliphatic carbocycles. The first-order valence-corrected chi connectivity index (χ1v) is 10.2. The third-order valence-electron chi connectivity index (χ3n) is 4.75. The Morgan fingerprint density at radius 1 is 1.14 bits per heavy atom. The van der Waals surface area contributed by atoms with Crippen LogP contribution in [0.1, 0.15) is 18.4 Å². The lowest BCUT2D eigenvalue weighted by Gasteiger charge is -2.14. The highest BCUT2D eigenvalue weighted by atomic mass is 35.5. The first-order valence-electron chi connectivity index (χ1n) is 9.46. The van der Waals surface area contributed by atoms with Gasteiger partial charge in [0.25, 0.3) is 5.56 Å². The molecule has 0 saturated carbocycles. The van der Waals surface area contributed by atoms with E-state index in [1.165, 1.54) is 10.1 Å². The molecule has 0 bridgehead atoms. The van der Waals surface area contributed by atoms with Gasteiger partial charge in [-0.25, -0.2) is 4.79 Å². The summed E-state index contributed by atoms with van der Waals surface area (Å²) in [4.78, 5) is 25.8. The Balaban J connectivity index is 0.000000166. The summed E-state index contributed by atoms with van der Waals surface area (Å²) < 4.78 is 6.68. The Labute approximate surface area is 178 Å². The number of halogens is 2. The highest BCUT2D eigenvalue weighted by Crippen LogP contribution is 2.26. The number of para-hydroxylation sites is 1. The molecule has 1 aliphatic rings. The van der Waals surface area contributed by atoms with Gasteiger partial charge in [-0.15, -0.1) is 0 Å². The molecule has 2 heterocycles. The smallest absolute Gasteiger partial charge is 0.328 e. The summed E-state index contributed by atoms with van der Waals surface area (Å²) in [5, 5.41) is 5.09. The van der Waals surface area contributed by atoms with Crippen LogP contribution in [0.3, 0.4) is 0 Å². The topological polar surface area (TPSA) is 76.1 Å². The molecule has 1 unspecified atom stereocenters. The Bertz CT molecular complexity index is 1090. The highest BCUT2D eigenvalue weighted by Gasteiger charge is 2.15. The molecule has 2 N–H and O–H groups in total. The average molecular weight is 436 g/mol. The van der Waals surface area contributed by atoms with Crippen molar-refractivity contribution in [3.63, 3.8) is 0 Å². The second kappa shape index (κ2) is 10.1. The van der Waals surface area contributed by atoms with Gasteiger partial charge in [-0.2, -0.15) is 0 Å². The fourth-order valence-corrected chi connectivity index (χ4v) is 3.48. The van der Waals surface area contributed by atoms with E-state index in [2.05, 4.69) is 10.3 Å². The summed E-state index contributed by atoms with van der Waals surface area (Å²) in [5.41, 5.74) is 1.19. The number of nitrogens with zero attached hydrogens (tertiary/aromatic N) is 1. The maximum Gasteiger partial charge on any atom is 0.328 e. The number of benzene rings is 2. The van der Waals surface area contributed by atoms with E-state index in [1.54, 1.807) is 31.2 Å². The van der Waals surface area contributed by atoms with Gasteiger partial charge in [0.2, 0.25) is 0 Å². The first-order chi connectivity index (χ1) is 14.0. The van der Waals surface area contributed by atoms with Crippen molar-refractivity contribution in [1.29, 1.82) is 0 Å². The van der Waals surface area contributed by atoms with Gasteiger partial charge in [-0.1, -0.05) is 41.4 Å². The summed E-state index contributed by atoms with van der Waals surface area (Å²) in [6.45, 7) is 5.52. The molecule has 2 aromatic carbocycles. The molecule has 3 aromatic rings. The monoisotopic (exact) mass is 435 g/mol. The van der Waals surface area contributed by atoms with Gasteiger partial charge in [0.15, 0.2) is 0 Å². The minimum absolute atomic E-state index is 0.230. The molecule has 1 aliphatic heterocycles. The second-order valence-electron chi connectivity index (χ2n) is 6.67. The van der Waals surface area contributed by atoms with Crippen LogP contribution in [0.2, 0.25) is 10.0 Å². The van der Waals surface area contributed by atoms with Crippen LogP contribution in [0.4, 0.5) is 0 Å². The van der Waals surface area contributed by atoms with Crippen molar-refractivity contribution < 1.29 is 4.74 Å². The number of nitrogens with one attached hydrogen (secondary N) is 2. The number of hydrogen-bond donors (Lipinski definition) is 2. The van der Waals surface area contributed by atoms with Crippen molar-refractivity contribution in [1.82, 2.24) is 14.9 Å². The second-order valence-corrected chi connectivity index (χ2v) is 7.49. The van der Waals surface area contributed by atoms with Gasteiger partial charge >= 0.3 is 5.69 Å². The van der Waals surface area contributed by atoms with Crippen LogP contribution in [0.5, 0.6) is 0 Å². The molecule has 8 heteroatoms. The summed E-state index contributed by atoms with van der Waals surface area (Å²) >= 11 is 11.9. The van der Waals surface area contributed by atoms with Crippen molar-refractivity contribution in [2.45, 2.75) is 19.4 Å². The van der Waals surface area contributed by atoms with Gasteiger partial charge in [-0.3, -0.25) is 9.36 Å². The molecular weight excluding hydrogens is 413 g/mol. The Hall–Kier alpha value is -2.12. The first kappa shape index (κ1) is 21.6. The third kappa shape index (κ3) is 5.28. The summed E-state index contributed by atoms with van der Waals surface area (Å²) in [6.07, 6.45) is 0. The standard InChI is InChI=1S/C11H13Cl2NO.C10H10N2O2/c12-10-2-1-8(5-11(10)13)9-6-14-3-4-15-7-9;1-2-12-9(13)7-5-3-4-6-8(7)11-10(12)14/h1-2,5,9,14H,3-4,6-7H2;3-6H,2H2,1H3,(H,11,14). The molecule has 0 radical (unpaired) electrons. The number of ether oxygens (including phenoxy) is 1. The van der Waals surface area contributed by atoms with E-state index in [1.807, 2.05) is 18.2 Å². The maximum absolute atomic E-state index is 11.7. The van der Waals surface area contributed by atoms with E-state index in [4.69, 9.17) is 27.9 Å². The summed E-state index contributed by atoms with van der Waals surface area (Å²) in [7, 11) is 0. The lowest BCUT2D eigenvalue weighted by Crippen LogP contribution is -2.34. The Kier molecular flexibility index (Phi) is 7.50. The van der Waals surface area contributed by atoms with Crippen LogP contribution in [-0.4, -0.2) is 35.9 Å². The lowest BCUT2D eigenvalue weighted by molar-refractivity contribution is 0.141. The van der Waals surface area contributed by atoms with Crippen LogP contribution in [0.25, 0.3) is 10.9 Å². The maximum atomic E-state index is 11.7. The van der Waals surface area contributed by atoms with E-state index in [9.17, 15) is 9.59 Å². The van der Waals surface area contributed by atoms with Gasteiger partial charge < -0.3 is 15.0 Å². The molecular formula is C21H23Cl2N3O3. The van der Waals surface area contributed by atoms with Gasteiger partial charge in [0, 0.05) is 25.6 Å². The zero-order valence-corrected chi connectivity index (χ0v) is 17.6. The predicted octanol–water partition coefficient (Wildman–Crippen LogP) is 3.41. The fraction of sp³-hybridized carbons (Fsp3) is 0.333. The SMILES string of the molecule is CCn1c(=O)[nH]c2ccccc2c1=O.Clc1ccc(C2CNCCOC2)cc1Cl. The van der Waals surface area contributed by atoms with Crippen LogP contribution >= 0.6 is 23.2 Å². The van der Waals surface area contributed by atoms with Crippen molar-refractivity contribution in [3.8, 4) is 0 Å². The van der Waals surface area contributed by atoms with Gasteiger partial charge in [0.05, 0.1) is 34.2 Å². The fourth-order valence-electron chi connectivity index (χ4n) is 3.17. The van der Waals surface area contributed by atoms with E-state index >= 15 is 0 Å². The van der Waals surface area contributed by atoms with Crippen LogP contribution in [0.15, 0.2) is 52.1 Å². The predicted molar refractivity (Wildman–Crippen MR) is 117 cm³/mol. The number of H-pyrrole nitrogens is 1. The van der Waals surface area contributed by atoms with Crippen LogP contribution < -0.4 is 16.6 Å². The largest absolute Gasteiger partial charge is 0.379 e. The van der Waals surface area contributed by atoms with E-state index in [0.29, 0.717) is 33.4 Å². The van der Waals surface area contributed by atoms with E-state index < -0.39 is 0 Å². The zero-order valence-electron chi connectivity index (χ0n) is 16.1. The van der Waals surface area contributed by atoms with Crippen LogP contribution in [0, 0.1) is 0 Å². The highest BCUT2D eigenvalue weighted by molar-refractivity contribution is 6.42. The summed E-state index contributed by atoms with van der Waals surface area (Å²) in [6, 6.07) is 12.8. The van der Waals surface area contributed by atoms with Crippen molar-refractivity contribution >= 4 is 34.1 Å². The zero-order chi connectivity index (χ0) is 20.8. The third-order valence-corrected chi connectivity index (χ3v) is 5.49. The van der Waals surface area contributed by atoms with Crippen molar-refractivity contribution in [2.24, 2.45) is 0 Å². The van der Waals surface area contributed by atoms with E-state index in [0.717, 1.165) is 26.3 Å². The average Bonchev–Trinajstić information content (AvgIpc) is 3.00. The molecule has 154 valence electrons. The van der Waals surface area contributed by atoms with E-state index in [-0.39, 0.29) is 11.2 Å². The number of rotatable bonds is 2. The lowest BCUT2D eigenvalue weighted by atomic mass is 10.0. The molecule has 1 fully saturated rings. The Morgan fingerprint density at radius 2 is 1.93 bits per heavy atom. The van der Waals surface area contributed by atoms with Gasteiger partial charge in [-0.05, 0) is 36.8 Å². The molecule has 29 heavy (non-hydrogen) atoms. The number of aromatic nitrogens is 2. The number of hydrogen-bond acceptors (Lipinski definition) is 4. The normalized spacial score (nSPS) is 16.7. The summed E-state index contributed by atoms with van der Waals surface area (Å²) in [5.74, 6) is 0.363. The number of fused-ring (bicyclic) bond motifs is 1. The molecule has 6 nitrogen and oxygen atoms in total. The quantitative estimate of drug-likeness (QED) is 0.646. The molecule has 0 spiro atoms. The minimum atomic E-state index is -0.351. The molecule has 1 atom stereocenters. The van der Waals surface area contributed by atoms with Crippen LogP contribution in [-0.2, 0) is 11.3 Å².